The molecule has 1 aromatic carbocycles. The van der Waals surface area contributed by atoms with Crippen LogP contribution in [0.4, 0.5) is 0 Å². The monoisotopic (exact) mass is 417 g/mol. The molecule has 0 amide bonds. The molecule has 4 rings (SSSR count). The Bertz CT molecular complexity index is 824. The van der Waals surface area contributed by atoms with Crippen LogP contribution in [-0.4, -0.2) is 41.0 Å². The lowest BCUT2D eigenvalue weighted by molar-refractivity contribution is -0.0812. The Morgan fingerprint density at radius 2 is 2.10 bits per heavy atom. The van der Waals surface area contributed by atoms with Gasteiger partial charge in [-0.25, -0.2) is 9.78 Å². The van der Waals surface area contributed by atoms with E-state index in [-0.39, 0.29) is 30.1 Å². The van der Waals surface area contributed by atoms with E-state index < -0.39 is 12.1 Å². The maximum absolute atomic E-state index is 12.0. The molecule has 7 heteroatoms. The van der Waals surface area contributed by atoms with E-state index in [0.717, 1.165) is 23.6 Å². The van der Waals surface area contributed by atoms with Crippen molar-refractivity contribution in [2.24, 2.45) is 11.8 Å². The zero-order chi connectivity index (χ0) is 20.4. The number of nitrogens with zero attached hydrogens (tertiary/aromatic N) is 1. The summed E-state index contributed by atoms with van der Waals surface area (Å²) in [4.78, 5) is 16.5. The van der Waals surface area contributed by atoms with Crippen molar-refractivity contribution in [1.82, 2.24) is 4.98 Å². The lowest BCUT2D eigenvalue weighted by Crippen LogP contribution is -2.33. The number of thiazole rings is 1. The number of hydrogen-bond donors (Lipinski definition) is 1. The molecule has 0 radical (unpaired) electrons. The number of carbonyl (C=O) groups is 1. The first kappa shape index (κ1) is 20.3. The fourth-order valence-electron chi connectivity index (χ4n) is 4.26. The summed E-state index contributed by atoms with van der Waals surface area (Å²) < 4.78 is 17.4. The molecule has 1 saturated carbocycles. The highest BCUT2D eigenvalue weighted by atomic mass is 32.1. The number of aliphatic hydroxyl groups is 1. The van der Waals surface area contributed by atoms with E-state index in [4.69, 9.17) is 14.2 Å². The molecule has 2 fully saturated rings. The topological polar surface area (TPSA) is 77.9 Å². The number of benzene rings is 1. The van der Waals surface area contributed by atoms with Gasteiger partial charge in [0.15, 0.2) is 5.69 Å². The second kappa shape index (κ2) is 8.81. The third-order valence-electron chi connectivity index (χ3n) is 5.63. The Balaban J connectivity index is 1.36. The fourth-order valence-corrected chi connectivity index (χ4v) is 5.11. The summed E-state index contributed by atoms with van der Waals surface area (Å²) >= 11 is 1.43. The van der Waals surface area contributed by atoms with Crippen LogP contribution in [0.25, 0.3) is 0 Å². The Hall–Kier alpha value is -1.96. The van der Waals surface area contributed by atoms with Crippen molar-refractivity contribution in [3.05, 3.63) is 46.4 Å². The minimum atomic E-state index is -0.430. The Morgan fingerprint density at radius 1 is 1.31 bits per heavy atom. The van der Waals surface area contributed by atoms with Gasteiger partial charge < -0.3 is 19.3 Å². The van der Waals surface area contributed by atoms with Gasteiger partial charge in [0.1, 0.15) is 16.9 Å². The molecule has 0 spiro atoms. The molecule has 2 aromatic rings. The number of fused-ring (bicyclic) bond motifs is 1. The van der Waals surface area contributed by atoms with Gasteiger partial charge in [-0.05, 0) is 44.7 Å². The maximum atomic E-state index is 12.0. The molecule has 1 aromatic heterocycles. The molecule has 156 valence electrons. The van der Waals surface area contributed by atoms with Gasteiger partial charge in [0.25, 0.3) is 0 Å². The number of hydrogen-bond acceptors (Lipinski definition) is 7. The van der Waals surface area contributed by atoms with Crippen LogP contribution in [-0.2, 0) is 9.47 Å². The largest absolute Gasteiger partial charge is 0.493 e. The summed E-state index contributed by atoms with van der Waals surface area (Å²) in [6, 6.07) is 9.69. The highest BCUT2D eigenvalue weighted by Gasteiger charge is 2.47. The molecule has 1 aliphatic heterocycles. The lowest BCUT2D eigenvalue weighted by atomic mass is 9.87. The van der Waals surface area contributed by atoms with Crippen LogP contribution in [0.15, 0.2) is 35.7 Å². The zero-order valence-corrected chi connectivity index (χ0v) is 17.5. The van der Waals surface area contributed by atoms with Gasteiger partial charge in [-0.15, -0.1) is 11.3 Å². The minimum Gasteiger partial charge on any atom is -0.493 e. The van der Waals surface area contributed by atoms with Gasteiger partial charge in [0.2, 0.25) is 0 Å². The highest BCUT2D eigenvalue weighted by Crippen LogP contribution is 2.46. The quantitative estimate of drug-likeness (QED) is 0.716. The molecule has 1 aliphatic carbocycles. The maximum Gasteiger partial charge on any atom is 0.358 e. The summed E-state index contributed by atoms with van der Waals surface area (Å²) in [6.07, 6.45) is 1.63. The summed E-state index contributed by atoms with van der Waals surface area (Å²) in [5, 5.41) is 13.1. The third-order valence-corrected chi connectivity index (χ3v) is 6.57. The molecule has 0 unspecified atom stereocenters. The number of aliphatic hydroxyl groups excluding tert-OH is 1. The highest BCUT2D eigenvalue weighted by molar-refractivity contribution is 7.09. The van der Waals surface area contributed by atoms with E-state index >= 15 is 0 Å². The first-order valence-electron chi connectivity index (χ1n) is 10.2. The van der Waals surface area contributed by atoms with Gasteiger partial charge in [-0.2, -0.15) is 0 Å². The molecule has 2 heterocycles. The van der Waals surface area contributed by atoms with Gasteiger partial charge in [0, 0.05) is 17.7 Å². The van der Waals surface area contributed by atoms with Gasteiger partial charge in [-0.3, -0.25) is 0 Å². The van der Waals surface area contributed by atoms with E-state index in [0.29, 0.717) is 18.7 Å². The van der Waals surface area contributed by atoms with Crippen molar-refractivity contribution in [1.29, 1.82) is 0 Å². The SMILES string of the molecule is CC(C)OC(=O)c1csc([C@H]2CC[C@@H]3[C@@H](COc4ccccc4)[C@H](O)C[C@@H]3O2)n1. The van der Waals surface area contributed by atoms with Crippen LogP contribution in [0, 0.1) is 11.8 Å². The third kappa shape index (κ3) is 4.63. The fraction of sp³-hybridized carbons (Fsp3) is 0.545. The van der Waals surface area contributed by atoms with Crippen molar-refractivity contribution in [3.63, 3.8) is 0 Å². The van der Waals surface area contributed by atoms with Crippen molar-refractivity contribution in [3.8, 4) is 5.75 Å². The zero-order valence-electron chi connectivity index (χ0n) is 16.7. The average Bonchev–Trinajstić information content (AvgIpc) is 3.30. The average molecular weight is 418 g/mol. The molecule has 1 N–H and O–H groups in total. The van der Waals surface area contributed by atoms with Crippen LogP contribution in [0.5, 0.6) is 5.75 Å². The summed E-state index contributed by atoms with van der Waals surface area (Å²) in [7, 11) is 0. The summed E-state index contributed by atoms with van der Waals surface area (Å²) in [6.45, 7) is 4.13. The number of aromatic nitrogens is 1. The van der Waals surface area contributed by atoms with Crippen molar-refractivity contribution >= 4 is 17.3 Å². The van der Waals surface area contributed by atoms with E-state index in [9.17, 15) is 9.90 Å². The number of ether oxygens (including phenoxy) is 3. The number of rotatable bonds is 6. The molecule has 1 saturated heterocycles. The first-order chi connectivity index (χ1) is 14.0. The predicted octanol–water partition coefficient (Wildman–Crippen LogP) is 4.00. The van der Waals surface area contributed by atoms with Gasteiger partial charge in [0.05, 0.1) is 24.9 Å². The van der Waals surface area contributed by atoms with Gasteiger partial charge >= 0.3 is 5.97 Å². The minimum absolute atomic E-state index is 0.0110. The second-order valence-electron chi connectivity index (χ2n) is 8.02. The van der Waals surface area contributed by atoms with E-state index in [2.05, 4.69) is 4.98 Å². The summed E-state index contributed by atoms with van der Waals surface area (Å²) in [5.74, 6) is 0.760. The van der Waals surface area contributed by atoms with E-state index in [1.54, 1.807) is 5.38 Å². The summed E-state index contributed by atoms with van der Waals surface area (Å²) in [5.41, 5.74) is 0.338. The van der Waals surface area contributed by atoms with Crippen LogP contribution < -0.4 is 4.74 Å². The number of carbonyl (C=O) groups excluding carboxylic acids is 1. The molecule has 5 atom stereocenters. The second-order valence-corrected chi connectivity index (χ2v) is 8.91. The molecular formula is C22H27NO5S. The van der Waals surface area contributed by atoms with Crippen LogP contribution >= 0.6 is 11.3 Å². The van der Waals surface area contributed by atoms with Crippen LogP contribution in [0.2, 0.25) is 0 Å². The lowest BCUT2D eigenvalue weighted by Gasteiger charge is -2.33. The molecule has 2 aliphatic rings. The van der Waals surface area contributed by atoms with Crippen molar-refractivity contribution < 1.29 is 24.1 Å². The first-order valence-corrected chi connectivity index (χ1v) is 11.1. The molecule has 29 heavy (non-hydrogen) atoms. The standard InChI is InChI=1S/C22H27NO5S/c1-13(2)27-22(25)17-12-29-21(23-17)19-9-8-15-16(18(24)10-20(15)28-19)11-26-14-6-4-3-5-7-14/h3-7,12-13,15-16,18-20,24H,8-11H2,1-2H3/t15-,16-,18-,19-,20+/m1/s1. The Labute approximate surface area is 174 Å². The number of esters is 1. The molecule has 6 nitrogen and oxygen atoms in total. The van der Waals surface area contributed by atoms with Crippen molar-refractivity contribution in [2.75, 3.05) is 6.61 Å². The Kier molecular flexibility index (Phi) is 6.18. The molecule has 0 bridgehead atoms. The Morgan fingerprint density at radius 3 is 2.86 bits per heavy atom. The van der Waals surface area contributed by atoms with E-state index in [1.807, 2.05) is 44.2 Å². The normalized spacial score (nSPS) is 28.9. The van der Waals surface area contributed by atoms with E-state index in [1.165, 1.54) is 11.3 Å². The predicted molar refractivity (Wildman–Crippen MR) is 109 cm³/mol. The van der Waals surface area contributed by atoms with Gasteiger partial charge in [-0.1, -0.05) is 18.2 Å². The molecular weight excluding hydrogens is 390 g/mol. The van der Waals surface area contributed by atoms with Crippen LogP contribution in [0.1, 0.15) is 54.7 Å². The smallest absolute Gasteiger partial charge is 0.358 e. The van der Waals surface area contributed by atoms with Crippen molar-refractivity contribution in [2.45, 2.75) is 57.5 Å². The van der Waals surface area contributed by atoms with Crippen LogP contribution in [0.3, 0.4) is 0 Å². The number of para-hydroxylation sites is 1.